The monoisotopic (exact) mass is 437 g/mol. The molecule has 30 heavy (non-hydrogen) atoms. The molecule has 8 nitrogen and oxygen atoms in total. The molecular formula is C20H24FN3O5S. The molecule has 0 radical (unpaired) electrons. The standard InChI is InChI=1S/C20H24FN3O5S/c1-11(18(26)29-20(2,3)4)22-17(25)16-12(21)8-7-9-13(16)30-19-23-14(27-5)10-15(24-19)28-6/h7-11H,1-6H3,(H,22,25)/t11-/m0/s1. The van der Waals surface area contributed by atoms with Crippen molar-refractivity contribution in [1.82, 2.24) is 15.3 Å². The predicted octanol–water partition coefficient (Wildman–Crippen LogP) is 3.24. The molecule has 0 spiro atoms. The first-order valence-electron chi connectivity index (χ1n) is 9.01. The summed E-state index contributed by atoms with van der Waals surface area (Å²) in [5.41, 5.74) is -0.944. The number of aromatic nitrogens is 2. The van der Waals surface area contributed by atoms with Crippen LogP contribution in [0.5, 0.6) is 11.8 Å². The van der Waals surface area contributed by atoms with Crippen LogP contribution in [0, 0.1) is 5.82 Å². The van der Waals surface area contributed by atoms with Gasteiger partial charge < -0.3 is 19.5 Å². The molecule has 0 aliphatic carbocycles. The average molecular weight is 437 g/mol. The summed E-state index contributed by atoms with van der Waals surface area (Å²) in [5.74, 6) is -1.62. The smallest absolute Gasteiger partial charge is 0.328 e. The van der Waals surface area contributed by atoms with Gasteiger partial charge in [0.15, 0.2) is 5.16 Å². The highest BCUT2D eigenvalue weighted by Gasteiger charge is 2.26. The summed E-state index contributed by atoms with van der Waals surface area (Å²) in [5, 5.41) is 2.67. The zero-order chi connectivity index (χ0) is 22.5. The van der Waals surface area contributed by atoms with E-state index < -0.39 is 29.3 Å². The zero-order valence-corrected chi connectivity index (χ0v) is 18.4. The van der Waals surface area contributed by atoms with Gasteiger partial charge >= 0.3 is 5.97 Å². The molecule has 2 rings (SSSR count). The number of nitrogens with one attached hydrogen (secondary N) is 1. The van der Waals surface area contributed by atoms with E-state index >= 15 is 0 Å². The lowest BCUT2D eigenvalue weighted by atomic mass is 10.1. The Balaban J connectivity index is 2.28. The molecule has 1 amide bonds. The second-order valence-corrected chi connectivity index (χ2v) is 8.19. The van der Waals surface area contributed by atoms with E-state index in [4.69, 9.17) is 14.2 Å². The highest BCUT2D eigenvalue weighted by Crippen LogP contribution is 2.32. The van der Waals surface area contributed by atoms with Gasteiger partial charge in [-0.25, -0.2) is 9.18 Å². The number of halogens is 1. The van der Waals surface area contributed by atoms with Crippen LogP contribution in [-0.4, -0.2) is 47.7 Å². The Hall–Kier alpha value is -2.88. The summed E-state index contributed by atoms with van der Waals surface area (Å²) >= 11 is 0.962. The summed E-state index contributed by atoms with van der Waals surface area (Å²) in [7, 11) is 2.88. The van der Waals surface area contributed by atoms with Crippen molar-refractivity contribution < 1.29 is 28.2 Å². The first kappa shape index (κ1) is 23.4. The lowest BCUT2D eigenvalue weighted by Crippen LogP contribution is -2.42. The second-order valence-electron chi connectivity index (χ2n) is 7.18. The van der Waals surface area contributed by atoms with Crippen LogP contribution in [0.4, 0.5) is 4.39 Å². The predicted molar refractivity (Wildman–Crippen MR) is 108 cm³/mol. The van der Waals surface area contributed by atoms with Crippen molar-refractivity contribution in [2.45, 2.75) is 49.4 Å². The summed E-state index contributed by atoms with van der Waals surface area (Å²) in [6.07, 6.45) is 0. The summed E-state index contributed by atoms with van der Waals surface area (Å²) in [4.78, 5) is 33.5. The molecule has 2 aromatic rings. The van der Waals surface area contributed by atoms with Crippen molar-refractivity contribution >= 4 is 23.6 Å². The van der Waals surface area contributed by atoms with Crippen LogP contribution < -0.4 is 14.8 Å². The Morgan fingerprint density at radius 3 is 2.27 bits per heavy atom. The zero-order valence-electron chi connectivity index (χ0n) is 17.6. The van der Waals surface area contributed by atoms with Gasteiger partial charge in [-0.2, -0.15) is 9.97 Å². The van der Waals surface area contributed by atoms with Crippen LogP contribution >= 0.6 is 11.8 Å². The number of hydrogen-bond acceptors (Lipinski definition) is 8. The molecular weight excluding hydrogens is 413 g/mol. The molecule has 0 aliphatic rings. The molecule has 0 fully saturated rings. The van der Waals surface area contributed by atoms with Gasteiger partial charge in [-0.3, -0.25) is 4.79 Å². The van der Waals surface area contributed by atoms with Gasteiger partial charge in [0.2, 0.25) is 11.8 Å². The van der Waals surface area contributed by atoms with Gasteiger partial charge in [-0.1, -0.05) is 6.07 Å². The maximum absolute atomic E-state index is 14.5. The van der Waals surface area contributed by atoms with Crippen LogP contribution in [0.2, 0.25) is 0 Å². The second kappa shape index (κ2) is 9.75. The maximum Gasteiger partial charge on any atom is 0.328 e. The van der Waals surface area contributed by atoms with Gasteiger partial charge in [0.25, 0.3) is 5.91 Å². The van der Waals surface area contributed by atoms with E-state index in [0.717, 1.165) is 17.8 Å². The number of carbonyl (C=O) groups excluding carboxylic acids is 2. The summed E-state index contributed by atoms with van der Waals surface area (Å²) in [6, 6.07) is 4.69. The number of nitrogens with zero attached hydrogens (tertiary/aromatic N) is 2. The molecule has 0 saturated carbocycles. The number of carbonyl (C=O) groups is 2. The highest BCUT2D eigenvalue weighted by atomic mass is 32.2. The van der Waals surface area contributed by atoms with Gasteiger partial charge in [0.05, 0.1) is 25.8 Å². The largest absolute Gasteiger partial charge is 0.481 e. The number of hydrogen-bond donors (Lipinski definition) is 1. The van der Waals surface area contributed by atoms with Gasteiger partial charge in [0, 0.05) is 4.90 Å². The number of amides is 1. The number of methoxy groups -OCH3 is 2. The van der Waals surface area contributed by atoms with Crippen LogP contribution in [-0.2, 0) is 9.53 Å². The fraction of sp³-hybridized carbons (Fsp3) is 0.400. The molecule has 1 atom stereocenters. The average Bonchev–Trinajstić information content (AvgIpc) is 2.66. The van der Waals surface area contributed by atoms with E-state index in [1.807, 2.05) is 0 Å². The normalized spacial score (nSPS) is 12.1. The maximum atomic E-state index is 14.5. The molecule has 0 aliphatic heterocycles. The quantitative estimate of drug-likeness (QED) is 0.521. The minimum Gasteiger partial charge on any atom is -0.481 e. The highest BCUT2D eigenvalue weighted by molar-refractivity contribution is 7.99. The van der Waals surface area contributed by atoms with Crippen molar-refractivity contribution in [2.75, 3.05) is 14.2 Å². The molecule has 1 N–H and O–H groups in total. The molecule has 162 valence electrons. The van der Waals surface area contributed by atoms with Crippen molar-refractivity contribution in [3.8, 4) is 11.8 Å². The van der Waals surface area contributed by atoms with Gasteiger partial charge in [-0.05, 0) is 51.6 Å². The number of benzene rings is 1. The Kier molecular flexibility index (Phi) is 7.60. The fourth-order valence-corrected chi connectivity index (χ4v) is 3.17. The first-order chi connectivity index (χ1) is 14.0. The molecule has 10 heteroatoms. The fourth-order valence-electron chi connectivity index (χ4n) is 2.26. The number of ether oxygens (including phenoxy) is 3. The number of rotatable bonds is 7. The summed E-state index contributed by atoms with van der Waals surface area (Å²) in [6.45, 7) is 6.62. The molecule has 1 aromatic heterocycles. The van der Waals surface area contributed by atoms with Crippen LogP contribution in [0.25, 0.3) is 0 Å². The Bertz CT molecular complexity index is 911. The number of esters is 1. The Labute approximate surface area is 178 Å². The third-order valence-corrected chi connectivity index (χ3v) is 4.51. The third-order valence-electron chi connectivity index (χ3n) is 3.59. The van der Waals surface area contributed by atoms with E-state index in [0.29, 0.717) is 0 Å². The molecule has 1 heterocycles. The van der Waals surface area contributed by atoms with Gasteiger partial charge in [-0.15, -0.1) is 0 Å². The SMILES string of the molecule is COc1cc(OC)nc(Sc2cccc(F)c2C(=O)N[C@@H](C)C(=O)OC(C)(C)C)n1. The van der Waals surface area contributed by atoms with E-state index in [2.05, 4.69) is 15.3 Å². The molecule has 1 aromatic carbocycles. The van der Waals surface area contributed by atoms with Crippen molar-refractivity contribution in [1.29, 1.82) is 0 Å². The van der Waals surface area contributed by atoms with Crippen LogP contribution in [0.3, 0.4) is 0 Å². The lowest BCUT2D eigenvalue weighted by molar-refractivity contribution is -0.156. The Morgan fingerprint density at radius 1 is 1.13 bits per heavy atom. The van der Waals surface area contributed by atoms with Crippen molar-refractivity contribution in [2.24, 2.45) is 0 Å². The summed E-state index contributed by atoms with van der Waals surface area (Å²) < 4.78 is 30.0. The van der Waals surface area contributed by atoms with Crippen LogP contribution in [0.1, 0.15) is 38.1 Å². The minimum absolute atomic E-state index is 0.200. The van der Waals surface area contributed by atoms with E-state index in [1.54, 1.807) is 26.8 Å². The van der Waals surface area contributed by atoms with E-state index in [9.17, 15) is 14.0 Å². The minimum atomic E-state index is -0.970. The van der Waals surface area contributed by atoms with Crippen LogP contribution in [0.15, 0.2) is 34.3 Å². The van der Waals surface area contributed by atoms with E-state index in [1.165, 1.54) is 33.3 Å². The molecule has 0 unspecified atom stereocenters. The first-order valence-corrected chi connectivity index (χ1v) is 9.83. The Morgan fingerprint density at radius 2 is 1.73 bits per heavy atom. The van der Waals surface area contributed by atoms with Gasteiger partial charge in [0.1, 0.15) is 17.5 Å². The van der Waals surface area contributed by atoms with Crippen molar-refractivity contribution in [3.05, 3.63) is 35.6 Å². The topological polar surface area (TPSA) is 99.6 Å². The third kappa shape index (κ3) is 6.31. The molecule has 0 saturated heterocycles. The molecule has 0 bridgehead atoms. The lowest BCUT2D eigenvalue weighted by Gasteiger charge is -2.23. The van der Waals surface area contributed by atoms with E-state index in [-0.39, 0.29) is 27.4 Å². The van der Waals surface area contributed by atoms with Crippen molar-refractivity contribution in [3.63, 3.8) is 0 Å².